The zero-order valence-corrected chi connectivity index (χ0v) is 14.4. The highest BCUT2D eigenvalue weighted by molar-refractivity contribution is 5.31. The van der Waals surface area contributed by atoms with Crippen LogP contribution in [0.15, 0.2) is 54.6 Å². The fourth-order valence-corrected chi connectivity index (χ4v) is 4.14. The van der Waals surface area contributed by atoms with E-state index in [2.05, 4.69) is 17.0 Å². The molecule has 2 aliphatic rings. The molecule has 1 heterocycles. The third-order valence-corrected chi connectivity index (χ3v) is 5.81. The molecule has 1 N–H and O–H groups in total. The Morgan fingerprint density at radius 3 is 2.31 bits per heavy atom. The summed E-state index contributed by atoms with van der Waals surface area (Å²) in [5.41, 5.74) is -0.148. The van der Waals surface area contributed by atoms with E-state index < -0.39 is 17.3 Å². The largest absolute Gasteiger partial charge is 0.416 e. The van der Waals surface area contributed by atoms with E-state index in [0.717, 1.165) is 18.6 Å². The van der Waals surface area contributed by atoms with Crippen LogP contribution >= 0.6 is 0 Å². The maximum Gasteiger partial charge on any atom is 0.416 e. The highest BCUT2D eigenvalue weighted by atomic mass is 19.4. The maximum atomic E-state index is 13.0. The second-order valence-electron chi connectivity index (χ2n) is 7.47. The molecule has 1 aliphatic heterocycles. The van der Waals surface area contributed by atoms with E-state index in [-0.39, 0.29) is 0 Å². The summed E-state index contributed by atoms with van der Waals surface area (Å²) in [6.45, 7) is 1.42. The Kier molecular flexibility index (Phi) is 4.32. The van der Waals surface area contributed by atoms with Crippen LogP contribution in [-0.2, 0) is 11.8 Å². The van der Waals surface area contributed by atoms with Crippen LogP contribution in [0.2, 0.25) is 0 Å². The van der Waals surface area contributed by atoms with Crippen LogP contribution in [0.25, 0.3) is 0 Å². The van der Waals surface area contributed by atoms with Gasteiger partial charge in [-0.25, -0.2) is 0 Å². The standard InChI is InChI=1S/C21H22F3NO/c22-21(23,24)17-8-4-7-16(13-17)20(26)9-11-25(12-10-20)19-14-18(19)15-5-2-1-3-6-15/h1-8,13,18-19,26H,9-12,14H2/t18-,19+/m1/s1. The molecule has 2 aromatic rings. The van der Waals surface area contributed by atoms with Crippen molar-refractivity contribution in [1.29, 1.82) is 0 Å². The van der Waals surface area contributed by atoms with Crippen LogP contribution in [0.5, 0.6) is 0 Å². The number of alkyl halides is 3. The normalized spacial score (nSPS) is 25.8. The lowest BCUT2D eigenvalue weighted by Crippen LogP contribution is -2.43. The first-order valence-electron chi connectivity index (χ1n) is 9.06. The summed E-state index contributed by atoms with van der Waals surface area (Å²) in [6, 6.07) is 16.0. The number of benzene rings is 2. The van der Waals surface area contributed by atoms with Crippen LogP contribution in [0.4, 0.5) is 13.2 Å². The lowest BCUT2D eigenvalue weighted by molar-refractivity contribution is -0.137. The van der Waals surface area contributed by atoms with Crippen molar-refractivity contribution in [1.82, 2.24) is 4.90 Å². The van der Waals surface area contributed by atoms with Crippen molar-refractivity contribution in [3.8, 4) is 0 Å². The molecule has 0 unspecified atom stereocenters. The lowest BCUT2D eigenvalue weighted by Gasteiger charge is -2.39. The van der Waals surface area contributed by atoms with Gasteiger partial charge in [-0.05, 0) is 42.5 Å². The Hall–Kier alpha value is -1.85. The third-order valence-electron chi connectivity index (χ3n) is 5.81. The smallest absolute Gasteiger partial charge is 0.385 e. The zero-order valence-electron chi connectivity index (χ0n) is 14.4. The molecule has 0 spiro atoms. The Morgan fingerprint density at radius 1 is 0.962 bits per heavy atom. The number of hydrogen-bond donors (Lipinski definition) is 1. The monoisotopic (exact) mass is 361 g/mol. The molecule has 2 fully saturated rings. The summed E-state index contributed by atoms with van der Waals surface area (Å²) in [7, 11) is 0. The van der Waals surface area contributed by atoms with E-state index in [1.807, 2.05) is 18.2 Å². The van der Waals surface area contributed by atoms with Gasteiger partial charge in [-0.15, -0.1) is 0 Å². The first-order chi connectivity index (χ1) is 12.4. The molecule has 2 nitrogen and oxygen atoms in total. The van der Waals surface area contributed by atoms with Crippen molar-refractivity contribution in [2.45, 2.75) is 43.0 Å². The molecule has 138 valence electrons. The SMILES string of the molecule is OC1(c2cccc(C(F)(F)F)c2)CCN([C@H]2C[C@@H]2c2ccccc2)CC1. The Labute approximate surface area is 151 Å². The molecule has 4 rings (SSSR count). The van der Waals surface area contributed by atoms with Crippen molar-refractivity contribution in [3.63, 3.8) is 0 Å². The highest BCUT2D eigenvalue weighted by Crippen LogP contribution is 2.47. The van der Waals surface area contributed by atoms with Crippen LogP contribution < -0.4 is 0 Å². The molecular weight excluding hydrogens is 339 g/mol. The van der Waals surface area contributed by atoms with E-state index in [1.165, 1.54) is 11.6 Å². The zero-order chi connectivity index (χ0) is 18.4. The van der Waals surface area contributed by atoms with Gasteiger partial charge in [0.05, 0.1) is 11.2 Å². The van der Waals surface area contributed by atoms with E-state index in [4.69, 9.17) is 0 Å². The molecule has 1 saturated carbocycles. The minimum Gasteiger partial charge on any atom is -0.385 e. The van der Waals surface area contributed by atoms with Crippen LogP contribution in [0.3, 0.4) is 0 Å². The lowest BCUT2D eigenvalue weighted by atomic mass is 9.83. The first-order valence-corrected chi connectivity index (χ1v) is 9.06. The van der Waals surface area contributed by atoms with Crippen molar-refractivity contribution in [3.05, 3.63) is 71.3 Å². The second-order valence-corrected chi connectivity index (χ2v) is 7.47. The number of likely N-dealkylation sites (tertiary alicyclic amines) is 1. The van der Waals surface area contributed by atoms with Gasteiger partial charge in [-0.1, -0.05) is 42.5 Å². The molecule has 1 saturated heterocycles. The molecule has 0 radical (unpaired) electrons. The predicted octanol–water partition coefficient (Wildman–Crippen LogP) is 4.54. The quantitative estimate of drug-likeness (QED) is 0.867. The summed E-state index contributed by atoms with van der Waals surface area (Å²) in [5, 5.41) is 10.9. The topological polar surface area (TPSA) is 23.5 Å². The van der Waals surface area contributed by atoms with Gasteiger partial charge in [-0.3, -0.25) is 4.90 Å². The molecule has 1 aliphatic carbocycles. The van der Waals surface area contributed by atoms with Crippen molar-refractivity contribution < 1.29 is 18.3 Å². The van der Waals surface area contributed by atoms with Gasteiger partial charge in [0.1, 0.15) is 0 Å². The van der Waals surface area contributed by atoms with Crippen molar-refractivity contribution in [2.75, 3.05) is 13.1 Å². The van der Waals surface area contributed by atoms with Crippen molar-refractivity contribution >= 4 is 0 Å². The van der Waals surface area contributed by atoms with E-state index in [1.54, 1.807) is 6.07 Å². The number of rotatable bonds is 3. The summed E-state index contributed by atoms with van der Waals surface area (Å²) < 4.78 is 38.9. The molecule has 0 aromatic heterocycles. The van der Waals surface area contributed by atoms with Gasteiger partial charge >= 0.3 is 6.18 Å². The molecule has 0 bridgehead atoms. The van der Waals surface area contributed by atoms with Crippen LogP contribution in [-0.4, -0.2) is 29.1 Å². The molecule has 26 heavy (non-hydrogen) atoms. The Morgan fingerprint density at radius 2 is 1.65 bits per heavy atom. The van der Waals surface area contributed by atoms with E-state index in [9.17, 15) is 18.3 Å². The van der Waals surface area contributed by atoms with Gasteiger partial charge in [0, 0.05) is 25.0 Å². The Balaban J connectivity index is 1.42. The molecule has 5 heteroatoms. The number of nitrogens with zero attached hydrogens (tertiary/aromatic N) is 1. The van der Waals surface area contributed by atoms with Crippen LogP contribution in [0.1, 0.15) is 41.9 Å². The summed E-state index contributed by atoms with van der Waals surface area (Å²) >= 11 is 0. The van der Waals surface area contributed by atoms with Crippen LogP contribution in [0, 0.1) is 0 Å². The Bertz CT molecular complexity index is 766. The summed E-state index contributed by atoms with van der Waals surface area (Å²) in [6.07, 6.45) is -2.34. The molecule has 0 amide bonds. The molecule has 2 aromatic carbocycles. The number of piperidine rings is 1. The number of aliphatic hydroxyl groups is 1. The van der Waals surface area contributed by atoms with E-state index >= 15 is 0 Å². The summed E-state index contributed by atoms with van der Waals surface area (Å²) in [4.78, 5) is 2.37. The van der Waals surface area contributed by atoms with Crippen molar-refractivity contribution in [2.24, 2.45) is 0 Å². The maximum absolute atomic E-state index is 13.0. The van der Waals surface area contributed by atoms with Gasteiger partial charge < -0.3 is 5.11 Å². The van der Waals surface area contributed by atoms with Gasteiger partial charge in [0.15, 0.2) is 0 Å². The molecular formula is C21H22F3NO. The molecule has 2 atom stereocenters. The van der Waals surface area contributed by atoms with Gasteiger partial charge in [-0.2, -0.15) is 13.2 Å². The third kappa shape index (κ3) is 3.38. The summed E-state index contributed by atoms with van der Waals surface area (Å²) in [5.74, 6) is 0.538. The average molecular weight is 361 g/mol. The minimum atomic E-state index is -4.38. The predicted molar refractivity (Wildman–Crippen MR) is 93.7 cm³/mol. The fourth-order valence-electron chi connectivity index (χ4n) is 4.14. The van der Waals surface area contributed by atoms with Gasteiger partial charge in [0.2, 0.25) is 0 Å². The van der Waals surface area contributed by atoms with E-state index in [0.29, 0.717) is 43.5 Å². The van der Waals surface area contributed by atoms with Gasteiger partial charge in [0.25, 0.3) is 0 Å². The second kappa shape index (κ2) is 6.39. The first kappa shape index (κ1) is 17.6. The fraction of sp³-hybridized carbons (Fsp3) is 0.429. The average Bonchev–Trinajstić information content (AvgIpc) is 3.43. The highest BCUT2D eigenvalue weighted by Gasteiger charge is 2.46. The minimum absolute atomic E-state index is 0.377. The number of hydrogen-bond acceptors (Lipinski definition) is 2. The number of halogens is 3.